The number of hydrogen-bond acceptors (Lipinski definition) is 2. The zero-order valence-electron chi connectivity index (χ0n) is 14.0. The summed E-state index contributed by atoms with van der Waals surface area (Å²) in [5.41, 5.74) is 2.00. The number of fused-ring (bicyclic) bond motifs is 1. The van der Waals surface area contributed by atoms with Gasteiger partial charge in [-0.3, -0.25) is 0 Å². The van der Waals surface area contributed by atoms with E-state index in [4.69, 9.17) is 0 Å². The average Bonchev–Trinajstić information content (AvgIpc) is 3.12. The Labute approximate surface area is 153 Å². The van der Waals surface area contributed by atoms with Crippen molar-refractivity contribution in [3.05, 3.63) is 89.9 Å². The second-order valence-corrected chi connectivity index (χ2v) is 6.09. The molecule has 0 aliphatic carbocycles. The lowest BCUT2D eigenvalue weighted by atomic mass is 10.00. The third-order valence-electron chi connectivity index (χ3n) is 4.38. The molecule has 0 saturated carbocycles. The highest BCUT2D eigenvalue weighted by atomic mass is 19.1. The molecule has 4 aromatic rings. The molecular formula is C21H14F2N2O2. The van der Waals surface area contributed by atoms with Crippen LogP contribution in [-0.4, -0.2) is 20.9 Å². The van der Waals surface area contributed by atoms with Gasteiger partial charge in [-0.2, -0.15) is 5.10 Å². The van der Waals surface area contributed by atoms with Gasteiger partial charge in [-0.1, -0.05) is 42.5 Å². The summed E-state index contributed by atoms with van der Waals surface area (Å²) in [5.74, 6) is -1.66. The van der Waals surface area contributed by atoms with Crippen LogP contribution in [0.5, 0.6) is 0 Å². The number of carbonyl (C=O) groups is 1. The van der Waals surface area contributed by atoms with Gasteiger partial charge in [-0.05, 0) is 35.4 Å². The maximum absolute atomic E-state index is 14.9. The van der Waals surface area contributed by atoms with Crippen LogP contribution < -0.4 is 0 Å². The van der Waals surface area contributed by atoms with Gasteiger partial charge in [0.15, 0.2) is 0 Å². The third-order valence-corrected chi connectivity index (χ3v) is 4.38. The molecule has 0 bridgehead atoms. The summed E-state index contributed by atoms with van der Waals surface area (Å²) in [7, 11) is 0. The van der Waals surface area contributed by atoms with E-state index in [9.17, 15) is 18.7 Å². The first kappa shape index (κ1) is 16.9. The maximum Gasteiger partial charge on any atom is 0.335 e. The molecule has 0 amide bonds. The number of nitrogens with zero attached hydrogens (tertiary/aromatic N) is 2. The Hall–Kier alpha value is -3.54. The van der Waals surface area contributed by atoms with Crippen molar-refractivity contribution in [2.75, 3.05) is 0 Å². The zero-order valence-corrected chi connectivity index (χ0v) is 14.0. The van der Waals surface area contributed by atoms with Crippen molar-refractivity contribution in [1.82, 2.24) is 9.78 Å². The fraction of sp³-hybridized carbons (Fsp3) is 0.0476. The third kappa shape index (κ3) is 3.06. The Morgan fingerprint density at radius 1 is 1.04 bits per heavy atom. The number of benzene rings is 3. The molecule has 0 aliphatic heterocycles. The average molecular weight is 364 g/mol. The zero-order chi connectivity index (χ0) is 19.0. The van der Waals surface area contributed by atoms with Crippen molar-refractivity contribution in [3.8, 4) is 11.1 Å². The van der Waals surface area contributed by atoms with Gasteiger partial charge in [-0.25, -0.2) is 18.3 Å². The summed E-state index contributed by atoms with van der Waals surface area (Å²) in [6.07, 6.45) is -0.258. The maximum atomic E-state index is 14.9. The molecule has 134 valence electrons. The van der Waals surface area contributed by atoms with Crippen LogP contribution in [0.15, 0.2) is 72.9 Å². The van der Waals surface area contributed by atoms with E-state index < -0.39 is 18.1 Å². The van der Waals surface area contributed by atoms with Gasteiger partial charge in [0, 0.05) is 17.1 Å². The van der Waals surface area contributed by atoms with Gasteiger partial charge >= 0.3 is 5.97 Å². The molecule has 1 N–H and O–H groups in total. The van der Waals surface area contributed by atoms with Gasteiger partial charge in [-0.15, -0.1) is 0 Å². The second-order valence-electron chi connectivity index (χ2n) is 6.09. The summed E-state index contributed by atoms with van der Waals surface area (Å²) in [4.78, 5) is 11.2. The minimum absolute atomic E-state index is 0.0975. The Bertz CT molecular complexity index is 1150. The van der Waals surface area contributed by atoms with Crippen LogP contribution in [0.4, 0.5) is 8.78 Å². The number of alkyl halides is 1. The smallest absolute Gasteiger partial charge is 0.335 e. The van der Waals surface area contributed by atoms with E-state index in [1.165, 1.54) is 30.5 Å². The van der Waals surface area contributed by atoms with Gasteiger partial charge in [0.25, 0.3) is 0 Å². The van der Waals surface area contributed by atoms with Crippen molar-refractivity contribution in [2.24, 2.45) is 0 Å². The first-order valence-electron chi connectivity index (χ1n) is 8.25. The molecule has 1 unspecified atom stereocenters. The molecular weight excluding hydrogens is 350 g/mol. The largest absolute Gasteiger partial charge is 0.478 e. The molecule has 1 aromatic heterocycles. The molecule has 0 aliphatic rings. The monoisotopic (exact) mass is 364 g/mol. The van der Waals surface area contributed by atoms with Crippen molar-refractivity contribution in [1.29, 1.82) is 0 Å². The van der Waals surface area contributed by atoms with Gasteiger partial charge in [0.2, 0.25) is 6.30 Å². The van der Waals surface area contributed by atoms with Gasteiger partial charge in [0.05, 0.1) is 11.1 Å². The standard InChI is InChI=1S/C21H14F2N2O2/c22-18-9-2-1-7-16(18)20(23)25-12-17-15(8-4-10-19(17)24-25)13-5-3-6-14(11-13)21(26)27/h1-12,20H,(H,26,27). The fourth-order valence-corrected chi connectivity index (χ4v) is 3.06. The molecule has 1 atom stereocenters. The van der Waals surface area contributed by atoms with Crippen molar-refractivity contribution in [3.63, 3.8) is 0 Å². The van der Waals surface area contributed by atoms with Crippen molar-refractivity contribution < 1.29 is 18.7 Å². The topological polar surface area (TPSA) is 55.1 Å². The highest BCUT2D eigenvalue weighted by Gasteiger charge is 2.19. The second kappa shape index (κ2) is 6.64. The van der Waals surface area contributed by atoms with Crippen molar-refractivity contribution in [2.45, 2.75) is 6.30 Å². The highest BCUT2D eigenvalue weighted by molar-refractivity contribution is 5.96. The number of halogens is 2. The van der Waals surface area contributed by atoms with Gasteiger partial charge in [0.1, 0.15) is 5.82 Å². The predicted molar refractivity (Wildman–Crippen MR) is 97.8 cm³/mol. The number of carboxylic acids is 1. The lowest BCUT2D eigenvalue weighted by Gasteiger charge is -2.09. The molecule has 0 radical (unpaired) electrons. The summed E-state index contributed by atoms with van der Waals surface area (Å²) < 4.78 is 29.8. The van der Waals surface area contributed by atoms with Crippen LogP contribution in [0.3, 0.4) is 0 Å². The van der Waals surface area contributed by atoms with Crippen molar-refractivity contribution >= 4 is 16.9 Å². The van der Waals surface area contributed by atoms with E-state index in [0.717, 1.165) is 10.2 Å². The summed E-state index contributed by atoms with van der Waals surface area (Å²) in [6, 6.07) is 17.4. The summed E-state index contributed by atoms with van der Waals surface area (Å²) in [5, 5.41) is 14.1. The Morgan fingerprint density at radius 3 is 2.59 bits per heavy atom. The fourth-order valence-electron chi connectivity index (χ4n) is 3.06. The van der Waals surface area contributed by atoms with E-state index in [1.54, 1.807) is 36.4 Å². The molecule has 1 heterocycles. The van der Waals surface area contributed by atoms with Crippen LogP contribution in [-0.2, 0) is 0 Å². The Kier molecular flexibility index (Phi) is 4.16. The first-order chi connectivity index (χ1) is 13.0. The van der Waals surface area contributed by atoms with E-state index in [2.05, 4.69) is 5.10 Å². The minimum Gasteiger partial charge on any atom is -0.478 e. The lowest BCUT2D eigenvalue weighted by Crippen LogP contribution is -2.07. The van der Waals surface area contributed by atoms with E-state index in [0.29, 0.717) is 16.5 Å². The number of rotatable bonds is 4. The van der Waals surface area contributed by atoms with Crippen LogP contribution in [0, 0.1) is 5.82 Å². The molecule has 4 nitrogen and oxygen atoms in total. The van der Waals surface area contributed by atoms with Crippen LogP contribution in [0.1, 0.15) is 22.2 Å². The van der Waals surface area contributed by atoms with Crippen LogP contribution in [0.2, 0.25) is 0 Å². The summed E-state index contributed by atoms with van der Waals surface area (Å²) in [6.45, 7) is 0. The number of carboxylic acid groups (broad SMARTS) is 1. The molecule has 6 heteroatoms. The molecule has 3 aromatic carbocycles. The van der Waals surface area contributed by atoms with E-state index >= 15 is 0 Å². The minimum atomic E-state index is -1.77. The molecule has 0 fully saturated rings. The Morgan fingerprint density at radius 2 is 1.81 bits per heavy atom. The molecule has 4 rings (SSSR count). The Balaban J connectivity index is 1.82. The predicted octanol–water partition coefficient (Wildman–Crippen LogP) is 5.06. The first-order valence-corrected chi connectivity index (χ1v) is 8.25. The quantitative estimate of drug-likeness (QED) is 0.551. The summed E-state index contributed by atoms with van der Waals surface area (Å²) >= 11 is 0. The van der Waals surface area contributed by atoms with Gasteiger partial charge < -0.3 is 5.11 Å². The molecule has 0 spiro atoms. The molecule has 0 saturated heterocycles. The number of aromatic carboxylic acids is 1. The molecule has 27 heavy (non-hydrogen) atoms. The number of aromatic nitrogens is 2. The van der Waals surface area contributed by atoms with E-state index in [1.807, 2.05) is 6.07 Å². The van der Waals surface area contributed by atoms with Crippen LogP contribution >= 0.6 is 0 Å². The van der Waals surface area contributed by atoms with Crippen LogP contribution in [0.25, 0.3) is 22.0 Å². The normalized spacial score (nSPS) is 12.2. The SMILES string of the molecule is O=C(O)c1cccc(-c2cccc3nn(C(F)c4ccccc4F)cc23)c1. The van der Waals surface area contributed by atoms with E-state index in [-0.39, 0.29) is 11.1 Å². The lowest BCUT2D eigenvalue weighted by molar-refractivity contribution is 0.0697. The highest BCUT2D eigenvalue weighted by Crippen LogP contribution is 2.31. The number of hydrogen-bond donors (Lipinski definition) is 1.